The summed E-state index contributed by atoms with van der Waals surface area (Å²) in [6.45, 7) is 5.65. The summed E-state index contributed by atoms with van der Waals surface area (Å²) in [6, 6.07) is 3.64. The molecule has 1 aliphatic heterocycles. The first kappa shape index (κ1) is 14.6. The van der Waals surface area contributed by atoms with Crippen molar-refractivity contribution in [1.82, 2.24) is 10.2 Å². The molecule has 0 unspecified atom stereocenters. The Labute approximate surface area is 119 Å². The monoisotopic (exact) mass is 278 g/mol. The average Bonchev–Trinajstić information content (AvgIpc) is 2.47. The lowest BCUT2D eigenvalue weighted by molar-refractivity contribution is -0.154. The summed E-state index contributed by atoms with van der Waals surface area (Å²) in [5.41, 5.74) is 5.10. The van der Waals surface area contributed by atoms with Crippen LogP contribution >= 0.6 is 0 Å². The van der Waals surface area contributed by atoms with Crippen LogP contribution in [0.15, 0.2) is 12.1 Å². The molecule has 1 aliphatic rings. The summed E-state index contributed by atoms with van der Waals surface area (Å²) in [5.74, 6) is 1.46. The molecule has 0 spiro atoms. The fourth-order valence-electron chi connectivity index (χ4n) is 2.76. The molecule has 0 radical (unpaired) electrons. The van der Waals surface area contributed by atoms with E-state index in [-0.39, 0.29) is 5.97 Å². The van der Waals surface area contributed by atoms with E-state index in [1.54, 1.807) is 6.07 Å². The fraction of sp³-hybridized carbons (Fsp3) is 0.643. The molecule has 2 heterocycles. The van der Waals surface area contributed by atoms with Gasteiger partial charge in [0.1, 0.15) is 5.82 Å². The Morgan fingerprint density at radius 2 is 2.00 bits per heavy atom. The van der Waals surface area contributed by atoms with Crippen LogP contribution in [-0.4, -0.2) is 36.4 Å². The molecular formula is C14H22N4O2. The van der Waals surface area contributed by atoms with Crippen molar-refractivity contribution in [2.45, 2.75) is 26.7 Å². The molecule has 0 atom stereocenters. The van der Waals surface area contributed by atoms with Crippen LogP contribution in [0.25, 0.3) is 0 Å². The second-order valence-corrected chi connectivity index (χ2v) is 5.79. The van der Waals surface area contributed by atoms with Gasteiger partial charge in [-0.05, 0) is 44.7 Å². The Hall–Kier alpha value is -1.85. The van der Waals surface area contributed by atoms with Gasteiger partial charge in [-0.25, -0.2) is 0 Å². The largest absolute Gasteiger partial charge is 0.469 e. The summed E-state index contributed by atoms with van der Waals surface area (Å²) < 4.78 is 4.90. The van der Waals surface area contributed by atoms with Gasteiger partial charge in [0.25, 0.3) is 0 Å². The lowest BCUT2D eigenvalue weighted by Crippen LogP contribution is -2.42. The lowest BCUT2D eigenvalue weighted by atomic mass is 9.73. The van der Waals surface area contributed by atoms with E-state index in [0.29, 0.717) is 11.7 Å². The highest BCUT2D eigenvalue weighted by atomic mass is 16.5. The van der Waals surface area contributed by atoms with Crippen LogP contribution in [0.5, 0.6) is 0 Å². The maximum absolute atomic E-state index is 11.8. The SMILES string of the molecule is COC(=O)C(C)(C)C1CCN(c2ccc(N)nn2)CC1. The summed E-state index contributed by atoms with van der Waals surface area (Å²) in [6.07, 6.45) is 1.88. The van der Waals surface area contributed by atoms with Gasteiger partial charge in [0.05, 0.1) is 12.5 Å². The molecule has 6 heteroatoms. The summed E-state index contributed by atoms with van der Waals surface area (Å²) in [4.78, 5) is 14.0. The number of esters is 1. The van der Waals surface area contributed by atoms with Gasteiger partial charge in [0.2, 0.25) is 0 Å². The topological polar surface area (TPSA) is 81.3 Å². The standard InChI is InChI=1S/C14H22N4O2/c1-14(2,13(19)20-3)10-6-8-18(9-7-10)12-5-4-11(15)16-17-12/h4-5,10H,6-9H2,1-3H3,(H2,15,16). The van der Waals surface area contributed by atoms with E-state index in [0.717, 1.165) is 31.7 Å². The Kier molecular flexibility index (Phi) is 4.11. The fourth-order valence-corrected chi connectivity index (χ4v) is 2.76. The number of nitrogens with two attached hydrogens (primary N) is 1. The van der Waals surface area contributed by atoms with Gasteiger partial charge in [-0.1, -0.05) is 0 Å². The highest BCUT2D eigenvalue weighted by Crippen LogP contribution is 2.36. The van der Waals surface area contributed by atoms with Gasteiger partial charge in [-0.3, -0.25) is 4.79 Å². The number of nitrogen functional groups attached to an aromatic ring is 1. The van der Waals surface area contributed by atoms with Crippen molar-refractivity contribution < 1.29 is 9.53 Å². The smallest absolute Gasteiger partial charge is 0.311 e. The second kappa shape index (κ2) is 5.64. The third-order valence-corrected chi connectivity index (χ3v) is 4.22. The predicted octanol–water partition coefficient (Wildman–Crippen LogP) is 1.47. The molecule has 0 bridgehead atoms. The van der Waals surface area contributed by atoms with Crippen LogP contribution < -0.4 is 10.6 Å². The number of nitrogens with zero attached hydrogens (tertiary/aromatic N) is 3. The number of carbonyl (C=O) groups excluding carboxylic acids is 1. The van der Waals surface area contributed by atoms with E-state index >= 15 is 0 Å². The number of piperidine rings is 1. The molecule has 1 fully saturated rings. The number of aromatic nitrogens is 2. The number of ether oxygens (including phenoxy) is 1. The third kappa shape index (κ3) is 2.84. The Morgan fingerprint density at radius 1 is 1.35 bits per heavy atom. The molecule has 1 saturated heterocycles. The minimum atomic E-state index is -0.437. The van der Waals surface area contributed by atoms with Gasteiger partial charge >= 0.3 is 5.97 Å². The minimum Gasteiger partial charge on any atom is -0.469 e. The van der Waals surface area contributed by atoms with Crippen molar-refractivity contribution in [2.24, 2.45) is 11.3 Å². The summed E-state index contributed by atoms with van der Waals surface area (Å²) in [7, 11) is 1.45. The molecule has 0 aliphatic carbocycles. The van der Waals surface area contributed by atoms with E-state index in [1.807, 2.05) is 19.9 Å². The first-order chi connectivity index (χ1) is 9.45. The van der Waals surface area contributed by atoms with E-state index in [2.05, 4.69) is 15.1 Å². The molecule has 0 amide bonds. The number of methoxy groups -OCH3 is 1. The molecule has 2 rings (SSSR count). The summed E-state index contributed by atoms with van der Waals surface area (Å²) >= 11 is 0. The van der Waals surface area contributed by atoms with E-state index in [9.17, 15) is 4.79 Å². The first-order valence-corrected chi connectivity index (χ1v) is 6.87. The van der Waals surface area contributed by atoms with Crippen LogP contribution in [-0.2, 0) is 9.53 Å². The highest BCUT2D eigenvalue weighted by Gasteiger charge is 2.39. The molecular weight excluding hydrogens is 256 g/mol. The normalized spacial score (nSPS) is 17.1. The quantitative estimate of drug-likeness (QED) is 0.843. The minimum absolute atomic E-state index is 0.136. The molecule has 0 aromatic carbocycles. The van der Waals surface area contributed by atoms with Gasteiger partial charge < -0.3 is 15.4 Å². The predicted molar refractivity (Wildman–Crippen MR) is 77.2 cm³/mol. The zero-order valence-corrected chi connectivity index (χ0v) is 12.3. The summed E-state index contributed by atoms with van der Waals surface area (Å²) in [5, 5.41) is 7.98. The molecule has 1 aromatic rings. The van der Waals surface area contributed by atoms with Crippen molar-refractivity contribution in [2.75, 3.05) is 30.8 Å². The Bertz CT molecular complexity index is 465. The Balaban J connectivity index is 1.99. The maximum atomic E-state index is 11.8. The van der Waals surface area contributed by atoms with Crippen molar-refractivity contribution >= 4 is 17.6 Å². The average molecular weight is 278 g/mol. The van der Waals surface area contributed by atoms with Gasteiger partial charge in [-0.15, -0.1) is 10.2 Å². The number of carbonyl (C=O) groups is 1. The van der Waals surface area contributed by atoms with Crippen LogP contribution in [0.2, 0.25) is 0 Å². The first-order valence-electron chi connectivity index (χ1n) is 6.87. The molecule has 20 heavy (non-hydrogen) atoms. The zero-order chi connectivity index (χ0) is 14.8. The number of anilines is 2. The van der Waals surface area contributed by atoms with Crippen LogP contribution in [0.3, 0.4) is 0 Å². The van der Waals surface area contributed by atoms with Gasteiger partial charge in [0, 0.05) is 13.1 Å². The van der Waals surface area contributed by atoms with Crippen molar-refractivity contribution in [3.8, 4) is 0 Å². The van der Waals surface area contributed by atoms with Gasteiger partial charge in [-0.2, -0.15) is 0 Å². The second-order valence-electron chi connectivity index (χ2n) is 5.79. The van der Waals surface area contributed by atoms with E-state index in [4.69, 9.17) is 10.5 Å². The molecule has 110 valence electrons. The van der Waals surface area contributed by atoms with E-state index in [1.165, 1.54) is 7.11 Å². The Morgan fingerprint density at radius 3 is 2.50 bits per heavy atom. The molecule has 1 aromatic heterocycles. The van der Waals surface area contributed by atoms with Crippen LogP contribution in [0.1, 0.15) is 26.7 Å². The van der Waals surface area contributed by atoms with Crippen LogP contribution in [0, 0.1) is 11.3 Å². The number of rotatable bonds is 3. The lowest BCUT2D eigenvalue weighted by Gasteiger charge is -2.39. The molecule has 6 nitrogen and oxygen atoms in total. The maximum Gasteiger partial charge on any atom is 0.311 e. The van der Waals surface area contributed by atoms with Gasteiger partial charge in [0.15, 0.2) is 5.82 Å². The molecule has 2 N–H and O–H groups in total. The number of hydrogen-bond acceptors (Lipinski definition) is 6. The zero-order valence-electron chi connectivity index (χ0n) is 12.3. The van der Waals surface area contributed by atoms with Crippen molar-refractivity contribution in [1.29, 1.82) is 0 Å². The van der Waals surface area contributed by atoms with Crippen molar-refractivity contribution in [3.63, 3.8) is 0 Å². The number of hydrogen-bond donors (Lipinski definition) is 1. The highest BCUT2D eigenvalue weighted by molar-refractivity contribution is 5.76. The van der Waals surface area contributed by atoms with Crippen molar-refractivity contribution in [3.05, 3.63) is 12.1 Å². The third-order valence-electron chi connectivity index (χ3n) is 4.22. The molecule has 0 saturated carbocycles. The van der Waals surface area contributed by atoms with Crippen LogP contribution in [0.4, 0.5) is 11.6 Å². The van der Waals surface area contributed by atoms with E-state index < -0.39 is 5.41 Å².